The molecule has 1 aliphatic heterocycles. The van der Waals surface area contributed by atoms with E-state index in [2.05, 4.69) is 9.89 Å². The van der Waals surface area contributed by atoms with Gasteiger partial charge in [0.05, 0.1) is 12.8 Å². The van der Waals surface area contributed by atoms with Gasteiger partial charge in [0.15, 0.2) is 0 Å². The molecule has 0 saturated heterocycles. The van der Waals surface area contributed by atoms with Crippen molar-refractivity contribution in [2.75, 3.05) is 7.11 Å². The number of methoxy groups -OCH3 is 1. The van der Waals surface area contributed by atoms with E-state index in [1.165, 1.54) is 7.11 Å². The fourth-order valence-corrected chi connectivity index (χ4v) is 1.06. The summed E-state index contributed by atoms with van der Waals surface area (Å²) in [5.74, 6) is -0.377. The molecule has 1 rings (SSSR count). The molecule has 0 aliphatic carbocycles. The number of carbonyl (C=O) groups is 1. The molecule has 62 valence electrons. The van der Waals surface area contributed by atoms with E-state index in [-0.39, 0.29) is 5.97 Å². The first-order chi connectivity index (χ1) is 5.08. The largest absolute Gasteiger partial charge is 0.466 e. The van der Waals surface area contributed by atoms with Crippen LogP contribution in [0.25, 0.3) is 0 Å². The summed E-state index contributed by atoms with van der Waals surface area (Å²) < 4.78 is 4.55. The number of hydrogen-bond acceptors (Lipinski definition) is 4. The highest BCUT2D eigenvalue weighted by Gasteiger charge is 2.41. The lowest BCUT2D eigenvalue weighted by Crippen LogP contribution is -2.36. The van der Waals surface area contributed by atoms with Gasteiger partial charge in [0.1, 0.15) is 0 Å². The van der Waals surface area contributed by atoms with E-state index in [1.54, 1.807) is 6.92 Å². The summed E-state index contributed by atoms with van der Waals surface area (Å²) in [4.78, 5) is 16.0. The molecule has 1 atom stereocenters. The Hall–Kier alpha value is -1.06. The summed E-state index contributed by atoms with van der Waals surface area (Å²) in [6.07, 6.45) is 0.514. The molecule has 0 N–H and O–H groups in total. The van der Waals surface area contributed by atoms with E-state index in [4.69, 9.17) is 4.84 Å². The molecule has 1 aliphatic rings. The monoisotopic (exact) mass is 157 g/mol. The third-order valence-electron chi connectivity index (χ3n) is 1.61. The zero-order valence-corrected chi connectivity index (χ0v) is 6.88. The molecule has 0 unspecified atom stereocenters. The Morgan fingerprint density at radius 2 is 2.45 bits per heavy atom. The van der Waals surface area contributed by atoms with Crippen molar-refractivity contribution in [3.8, 4) is 0 Å². The first kappa shape index (κ1) is 8.04. The third kappa shape index (κ3) is 1.34. The molecule has 0 fully saturated rings. The first-order valence-corrected chi connectivity index (χ1v) is 3.38. The fraction of sp³-hybridized carbons (Fsp3) is 0.714. The van der Waals surface area contributed by atoms with E-state index < -0.39 is 5.60 Å². The van der Waals surface area contributed by atoms with Crippen LogP contribution < -0.4 is 0 Å². The molecule has 0 aromatic heterocycles. The highest BCUT2D eigenvalue weighted by Crippen LogP contribution is 2.24. The third-order valence-corrected chi connectivity index (χ3v) is 1.61. The van der Waals surface area contributed by atoms with Crippen LogP contribution in [0.3, 0.4) is 0 Å². The van der Waals surface area contributed by atoms with Gasteiger partial charge in [-0.25, -0.2) is 4.79 Å². The zero-order chi connectivity index (χ0) is 8.48. The quantitative estimate of drug-likeness (QED) is 0.527. The lowest BCUT2D eigenvalue weighted by Gasteiger charge is -2.17. The Morgan fingerprint density at radius 1 is 1.82 bits per heavy atom. The number of esters is 1. The Morgan fingerprint density at radius 3 is 2.82 bits per heavy atom. The van der Waals surface area contributed by atoms with Crippen LogP contribution in [0.5, 0.6) is 0 Å². The maximum atomic E-state index is 11.1. The van der Waals surface area contributed by atoms with Gasteiger partial charge in [-0.05, 0) is 13.8 Å². The molecule has 4 nitrogen and oxygen atoms in total. The van der Waals surface area contributed by atoms with Crippen molar-refractivity contribution in [1.82, 2.24) is 0 Å². The van der Waals surface area contributed by atoms with Crippen LogP contribution in [0.15, 0.2) is 5.16 Å². The van der Waals surface area contributed by atoms with Gasteiger partial charge in [0.25, 0.3) is 0 Å². The van der Waals surface area contributed by atoms with Gasteiger partial charge < -0.3 is 9.57 Å². The van der Waals surface area contributed by atoms with Crippen LogP contribution >= 0.6 is 0 Å². The van der Waals surface area contributed by atoms with Crippen LogP contribution in [-0.2, 0) is 14.4 Å². The molecule has 0 aromatic rings. The Bertz CT molecular complexity index is 212. The van der Waals surface area contributed by atoms with Crippen molar-refractivity contribution in [3.63, 3.8) is 0 Å². The number of ether oxygens (including phenoxy) is 1. The van der Waals surface area contributed by atoms with E-state index in [1.807, 2.05) is 6.92 Å². The first-order valence-electron chi connectivity index (χ1n) is 3.38. The predicted octanol–water partition coefficient (Wildman–Crippen LogP) is 0.714. The van der Waals surface area contributed by atoms with Crippen LogP contribution in [0.2, 0.25) is 0 Å². The standard InChI is InChI=1S/C7H11NO3/c1-5-4-7(2,11-8-5)6(9)10-3/h4H2,1-3H3/t7-/m0/s1. The molecule has 0 bridgehead atoms. The average molecular weight is 157 g/mol. The molecular weight excluding hydrogens is 146 g/mol. The predicted molar refractivity (Wildman–Crippen MR) is 39.2 cm³/mol. The molecule has 1 heterocycles. The molecule has 0 amide bonds. The van der Waals surface area contributed by atoms with E-state index in [0.717, 1.165) is 5.71 Å². The van der Waals surface area contributed by atoms with Gasteiger partial charge in [0.2, 0.25) is 5.60 Å². The zero-order valence-electron chi connectivity index (χ0n) is 6.88. The number of carbonyl (C=O) groups excluding carboxylic acids is 1. The summed E-state index contributed by atoms with van der Waals surface area (Å²) in [5.41, 5.74) is -0.0725. The van der Waals surface area contributed by atoms with Crippen molar-refractivity contribution in [1.29, 1.82) is 0 Å². The van der Waals surface area contributed by atoms with E-state index >= 15 is 0 Å². The lowest BCUT2D eigenvalue weighted by atomic mass is 10.0. The molecule has 0 aromatic carbocycles. The minimum absolute atomic E-state index is 0.377. The second-order valence-electron chi connectivity index (χ2n) is 2.82. The van der Waals surface area contributed by atoms with Crippen LogP contribution in [0, 0.1) is 0 Å². The second-order valence-corrected chi connectivity index (χ2v) is 2.82. The van der Waals surface area contributed by atoms with Gasteiger partial charge >= 0.3 is 5.97 Å². The molecule has 0 spiro atoms. The summed E-state index contributed by atoms with van der Waals surface area (Å²) in [6.45, 7) is 3.48. The Labute approximate surface area is 65.2 Å². The number of rotatable bonds is 1. The molecular formula is C7H11NO3. The summed E-state index contributed by atoms with van der Waals surface area (Å²) in [7, 11) is 1.34. The maximum absolute atomic E-state index is 11.1. The highest BCUT2D eigenvalue weighted by atomic mass is 16.7. The van der Waals surface area contributed by atoms with Crippen LogP contribution in [-0.4, -0.2) is 24.4 Å². The van der Waals surface area contributed by atoms with Gasteiger partial charge in [-0.3, -0.25) is 0 Å². The number of nitrogens with zero attached hydrogens (tertiary/aromatic N) is 1. The minimum Gasteiger partial charge on any atom is -0.466 e. The summed E-state index contributed by atoms with van der Waals surface area (Å²) in [6, 6.07) is 0. The summed E-state index contributed by atoms with van der Waals surface area (Å²) >= 11 is 0. The molecule has 4 heteroatoms. The molecule has 11 heavy (non-hydrogen) atoms. The topological polar surface area (TPSA) is 47.9 Å². The summed E-state index contributed by atoms with van der Waals surface area (Å²) in [5, 5.41) is 3.67. The normalized spacial score (nSPS) is 29.2. The van der Waals surface area contributed by atoms with Gasteiger partial charge in [-0.1, -0.05) is 5.16 Å². The number of hydrogen-bond donors (Lipinski definition) is 0. The van der Waals surface area contributed by atoms with Crippen LogP contribution in [0.4, 0.5) is 0 Å². The van der Waals surface area contributed by atoms with Crippen molar-refractivity contribution < 1.29 is 14.4 Å². The molecule has 0 radical (unpaired) electrons. The maximum Gasteiger partial charge on any atom is 0.353 e. The van der Waals surface area contributed by atoms with Crippen molar-refractivity contribution >= 4 is 11.7 Å². The van der Waals surface area contributed by atoms with Crippen LogP contribution in [0.1, 0.15) is 20.3 Å². The van der Waals surface area contributed by atoms with Gasteiger partial charge in [-0.2, -0.15) is 0 Å². The number of oxime groups is 1. The average Bonchev–Trinajstić information content (AvgIpc) is 2.31. The lowest BCUT2D eigenvalue weighted by molar-refractivity contribution is -0.164. The van der Waals surface area contributed by atoms with E-state index in [0.29, 0.717) is 6.42 Å². The molecule has 0 saturated carbocycles. The van der Waals surface area contributed by atoms with Crippen molar-refractivity contribution in [3.05, 3.63) is 0 Å². The smallest absolute Gasteiger partial charge is 0.353 e. The Balaban J connectivity index is 2.66. The fourth-order valence-electron chi connectivity index (χ4n) is 1.06. The minimum atomic E-state index is -0.890. The van der Waals surface area contributed by atoms with Crippen molar-refractivity contribution in [2.24, 2.45) is 5.16 Å². The Kier molecular flexibility index (Phi) is 1.85. The van der Waals surface area contributed by atoms with Gasteiger partial charge in [-0.15, -0.1) is 0 Å². The van der Waals surface area contributed by atoms with E-state index in [9.17, 15) is 4.79 Å². The SMILES string of the molecule is COC(=O)[C@]1(C)CC(C)=NO1. The van der Waals surface area contributed by atoms with Gasteiger partial charge in [0, 0.05) is 6.42 Å². The highest BCUT2D eigenvalue weighted by molar-refractivity contribution is 5.91. The van der Waals surface area contributed by atoms with Crippen molar-refractivity contribution in [2.45, 2.75) is 25.9 Å². The second kappa shape index (κ2) is 2.53.